The molecule has 0 spiro atoms. The second kappa shape index (κ2) is 8.06. The molecule has 0 rings (SSSR count). The zero-order valence-corrected chi connectivity index (χ0v) is 11.1. The van der Waals surface area contributed by atoms with E-state index in [0.717, 1.165) is 0 Å². The zero-order valence-electron chi connectivity index (χ0n) is 11.1. The number of amides is 1. The fourth-order valence-corrected chi connectivity index (χ4v) is 1.43. The Kier molecular flexibility index (Phi) is 7.54. The molecule has 0 aromatic carbocycles. The Labute approximate surface area is 103 Å². The van der Waals surface area contributed by atoms with Crippen LogP contribution in [0, 0.1) is 5.92 Å². The van der Waals surface area contributed by atoms with Crippen molar-refractivity contribution in [3.05, 3.63) is 0 Å². The second-order valence-corrected chi connectivity index (χ2v) is 4.95. The van der Waals surface area contributed by atoms with Crippen molar-refractivity contribution in [2.45, 2.75) is 52.6 Å². The van der Waals surface area contributed by atoms with Gasteiger partial charge in [0.15, 0.2) is 0 Å². The zero-order chi connectivity index (χ0) is 13.4. The van der Waals surface area contributed by atoms with Crippen LogP contribution in [0.5, 0.6) is 0 Å². The van der Waals surface area contributed by atoms with Crippen molar-refractivity contribution in [3.63, 3.8) is 0 Å². The molecule has 3 N–H and O–H groups in total. The number of nitrogens with one attached hydrogen (secondary N) is 2. The number of rotatable bonds is 8. The van der Waals surface area contributed by atoms with Gasteiger partial charge in [-0.05, 0) is 12.3 Å². The lowest BCUT2D eigenvalue weighted by molar-refractivity contribution is -0.142. The van der Waals surface area contributed by atoms with Gasteiger partial charge in [-0.2, -0.15) is 0 Å². The predicted molar refractivity (Wildman–Crippen MR) is 66.8 cm³/mol. The highest BCUT2D eigenvalue weighted by Crippen LogP contribution is 2.05. The van der Waals surface area contributed by atoms with Crippen LogP contribution in [0.4, 0.5) is 0 Å². The molecular weight excluding hydrogens is 220 g/mol. The standard InChI is InChI=1S/C12H24N2O3/c1-8(2)7-10(12(16)17)14-11(15)5-6-13-9(3)4/h8-10,13H,5-7H2,1-4H3,(H,14,15)(H,16,17)/t10-/m0/s1. The van der Waals surface area contributed by atoms with Crippen LogP contribution in [0.25, 0.3) is 0 Å². The van der Waals surface area contributed by atoms with Crippen LogP contribution in [-0.2, 0) is 9.59 Å². The van der Waals surface area contributed by atoms with E-state index in [2.05, 4.69) is 10.6 Å². The Balaban J connectivity index is 4.00. The van der Waals surface area contributed by atoms with Gasteiger partial charge < -0.3 is 15.7 Å². The maximum atomic E-state index is 11.5. The fourth-order valence-electron chi connectivity index (χ4n) is 1.43. The first kappa shape index (κ1) is 15.9. The van der Waals surface area contributed by atoms with Gasteiger partial charge >= 0.3 is 5.97 Å². The van der Waals surface area contributed by atoms with Crippen molar-refractivity contribution in [3.8, 4) is 0 Å². The van der Waals surface area contributed by atoms with E-state index in [9.17, 15) is 9.59 Å². The Morgan fingerprint density at radius 3 is 2.18 bits per heavy atom. The highest BCUT2D eigenvalue weighted by atomic mass is 16.4. The molecule has 0 aliphatic heterocycles. The van der Waals surface area contributed by atoms with Crippen LogP contribution in [0.2, 0.25) is 0 Å². The second-order valence-electron chi connectivity index (χ2n) is 4.95. The van der Waals surface area contributed by atoms with Crippen LogP contribution in [0.15, 0.2) is 0 Å². The van der Waals surface area contributed by atoms with E-state index in [1.54, 1.807) is 0 Å². The number of carboxylic acids is 1. The summed E-state index contributed by atoms with van der Waals surface area (Å²) in [6.07, 6.45) is 0.763. The summed E-state index contributed by atoms with van der Waals surface area (Å²) in [5.74, 6) is -0.944. The molecule has 0 aromatic heterocycles. The van der Waals surface area contributed by atoms with E-state index in [0.29, 0.717) is 25.4 Å². The van der Waals surface area contributed by atoms with Crippen LogP contribution in [0.3, 0.4) is 0 Å². The largest absolute Gasteiger partial charge is 0.480 e. The minimum atomic E-state index is -0.969. The highest BCUT2D eigenvalue weighted by molar-refractivity contribution is 5.83. The van der Waals surface area contributed by atoms with E-state index in [4.69, 9.17) is 5.11 Å². The van der Waals surface area contributed by atoms with Crippen molar-refractivity contribution >= 4 is 11.9 Å². The Morgan fingerprint density at radius 2 is 1.76 bits per heavy atom. The molecule has 0 bridgehead atoms. The maximum absolute atomic E-state index is 11.5. The monoisotopic (exact) mass is 244 g/mol. The molecule has 0 aliphatic rings. The quantitative estimate of drug-likeness (QED) is 0.595. The summed E-state index contributed by atoms with van der Waals surface area (Å²) in [5, 5.41) is 14.6. The molecule has 0 saturated heterocycles. The Hall–Kier alpha value is -1.10. The summed E-state index contributed by atoms with van der Waals surface area (Å²) < 4.78 is 0. The van der Waals surface area contributed by atoms with Gasteiger partial charge in [0.05, 0.1) is 0 Å². The van der Waals surface area contributed by atoms with E-state index in [1.165, 1.54) is 0 Å². The molecule has 17 heavy (non-hydrogen) atoms. The van der Waals surface area contributed by atoms with E-state index < -0.39 is 12.0 Å². The molecule has 0 unspecified atom stereocenters. The van der Waals surface area contributed by atoms with Crippen molar-refractivity contribution in [2.75, 3.05) is 6.54 Å². The van der Waals surface area contributed by atoms with Gasteiger partial charge in [0, 0.05) is 19.0 Å². The summed E-state index contributed by atoms with van der Waals surface area (Å²) in [6.45, 7) is 8.43. The molecule has 0 saturated carbocycles. The smallest absolute Gasteiger partial charge is 0.326 e. The fraction of sp³-hybridized carbons (Fsp3) is 0.833. The summed E-state index contributed by atoms with van der Waals surface area (Å²) in [7, 11) is 0. The first-order valence-corrected chi connectivity index (χ1v) is 6.08. The molecule has 5 nitrogen and oxygen atoms in total. The van der Waals surface area contributed by atoms with E-state index in [-0.39, 0.29) is 11.8 Å². The first-order chi connectivity index (χ1) is 7.82. The van der Waals surface area contributed by atoms with Gasteiger partial charge in [0.2, 0.25) is 5.91 Å². The molecule has 1 atom stereocenters. The van der Waals surface area contributed by atoms with Crippen molar-refractivity contribution in [2.24, 2.45) is 5.92 Å². The normalized spacial score (nSPS) is 12.8. The minimum absolute atomic E-state index is 0.216. The summed E-state index contributed by atoms with van der Waals surface area (Å²) in [4.78, 5) is 22.4. The number of hydrogen-bond acceptors (Lipinski definition) is 3. The van der Waals surface area contributed by atoms with Gasteiger partial charge in [-0.15, -0.1) is 0 Å². The molecule has 0 radical (unpaired) electrons. The average molecular weight is 244 g/mol. The summed E-state index contributed by atoms with van der Waals surface area (Å²) in [5.41, 5.74) is 0. The average Bonchev–Trinajstić information content (AvgIpc) is 2.15. The van der Waals surface area contributed by atoms with Crippen molar-refractivity contribution < 1.29 is 14.7 Å². The van der Waals surface area contributed by atoms with Gasteiger partial charge in [-0.25, -0.2) is 4.79 Å². The molecule has 0 aliphatic carbocycles. The van der Waals surface area contributed by atoms with Gasteiger partial charge in [-0.1, -0.05) is 27.7 Å². The lowest BCUT2D eigenvalue weighted by Crippen LogP contribution is -2.42. The number of carbonyl (C=O) groups excluding carboxylic acids is 1. The van der Waals surface area contributed by atoms with Crippen LogP contribution >= 0.6 is 0 Å². The Morgan fingerprint density at radius 1 is 1.18 bits per heavy atom. The van der Waals surface area contributed by atoms with Gasteiger partial charge in [-0.3, -0.25) is 4.79 Å². The van der Waals surface area contributed by atoms with Gasteiger partial charge in [0.1, 0.15) is 6.04 Å². The van der Waals surface area contributed by atoms with Gasteiger partial charge in [0.25, 0.3) is 0 Å². The molecule has 0 fully saturated rings. The predicted octanol–water partition coefficient (Wildman–Crippen LogP) is 0.990. The van der Waals surface area contributed by atoms with Crippen molar-refractivity contribution in [1.29, 1.82) is 0 Å². The third kappa shape index (κ3) is 8.68. The third-order valence-electron chi connectivity index (χ3n) is 2.25. The molecule has 0 heterocycles. The topological polar surface area (TPSA) is 78.4 Å². The first-order valence-electron chi connectivity index (χ1n) is 6.08. The third-order valence-corrected chi connectivity index (χ3v) is 2.25. The maximum Gasteiger partial charge on any atom is 0.326 e. The molecule has 1 amide bonds. The molecule has 100 valence electrons. The van der Waals surface area contributed by atoms with E-state index >= 15 is 0 Å². The molecular formula is C12H24N2O3. The molecule has 5 heteroatoms. The lowest BCUT2D eigenvalue weighted by Gasteiger charge is -2.16. The SMILES string of the molecule is CC(C)C[C@H](NC(=O)CCNC(C)C)C(=O)O. The van der Waals surface area contributed by atoms with E-state index in [1.807, 2.05) is 27.7 Å². The number of carbonyl (C=O) groups is 2. The Bertz CT molecular complexity index is 252. The van der Waals surface area contributed by atoms with Crippen molar-refractivity contribution in [1.82, 2.24) is 10.6 Å². The number of carboxylic acid groups (broad SMARTS) is 1. The number of aliphatic carboxylic acids is 1. The summed E-state index contributed by atoms with van der Waals surface area (Å²) in [6, 6.07) is -0.449. The minimum Gasteiger partial charge on any atom is -0.480 e. The van der Waals surface area contributed by atoms with Crippen LogP contribution < -0.4 is 10.6 Å². The lowest BCUT2D eigenvalue weighted by atomic mass is 10.0. The summed E-state index contributed by atoms with van der Waals surface area (Å²) >= 11 is 0. The molecule has 0 aromatic rings. The highest BCUT2D eigenvalue weighted by Gasteiger charge is 2.20. The van der Waals surface area contributed by atoms with Crippen LogP contribution in [-0.4, -0.2) is 35.6 Å². The number of hydrogen-bond donors (Lipinski definition) is 3. The van der Waals surface area contributed by atoms with Crippen LogP contribution in [0.1, 0.15) is 40.5 Å².